The monoisotopic (exact) mass is 214 g/mol. The van der Waals surface area contributed by atoms with Gasteiger partial charge in [-0.15, -0.1) is 0 Å². The zero-order valence-electron chi connectivity index (χ0n) is 9.97. The predicted molar refractivity (Wildman–Crippen MR) is 63.9 cm³/mol. The summed E-state index contributed by atoms with van der Waals surface area (Å²) in [6, 6.07) is 0. The summed E-state index contributed by atoms with van der Waals surface area (Å²) in [5, 5.41) is 15.2. The van der Waals surface area contributed by atoms with Crippen molar-refractivity contribution in [1.29, 1.82) is 0 Å². The molecule has 0 aromatic heterocycles. The van der Waals surface area contributed by atoms with Gasteiger partial charge in [0.2, 0.25) is 0 Å². The Kier molecular flexibility index (Phi) is 6.98. The minimum atomic E-state index is 0.354. The molecule has 0 aromatic carbocycles. The highest BCUT2D eigenvalue weighted by molar-refractivity contribution is 4.66. The van der Waals surface area contributed by atoms with Crippen molar-refractivity contribution in [3.05, 3.63) is 0 Å². The molecule has 2 rings (SSSR count). The molecule has 0 unspecified atom stereocenters. The Morgan fingerprint density at radius 2 is 1.73 bits per heavy atom. The molecule has 2 fully saturated rings. The van der Waals surface area contributed by atoms with Crippen LogP contribution in [0.1, 0.15) is 32.6 Å². The van der Waals surface area contributed by atoms with Crippen LogP contribution >= 0.6 is 0 Å². The Hall–Kier alpha value is -0.120. The van der Waals surface area contributed by atoms with Gasteiger partial charge in [-0.05, 0) is 57.2 Å². The van der Waals surface area contributed by atoms with Gasteiger partial charge in [0.15, 0.2) is 0 Å². The molecule has 0 amide bonds. The average molecular weight is 214 g/mol. The fourth-order valence-corrected chi connectivity index (χ4v) is 2.11. The van der Waals surface area contributed by atoms with Crippen molar-refractivity contribution in [2.75, 3.05) is 32.8 Å². The summed E-state index contributed by atoms with van der Waals surface area (Å²) in [4.78, 5) is 0. The third-order valence-corrected chi connectivity index (χ3v) is 3.20. The van der Waals surface area contributed by atoms with Gasteiger partial charge in [-0.3, -0.25) is 0 Å². The van der Waals surface area contributed by atoms with Gasteiger partial charge in [-0.25, -0.2) is 0 Å². The van der Waals surface area contributed by atoms with Gasteiger partial charge in [0.05, 0.1) is 0 Å². The molecule has 0 radical (unpaired) electrons. The van der Waals surface area contributed by atoms with E-state index in [4.69, 9.17) is 5.11 Å². The first-order valence-electron chi connectivity index (χ1n) is 6.35. The minimum absolute atomic E-state index is 0.354. The molecule has 2 aliphatic rings. The quantitative estimate of drug-likeness (QED) is 0.610. The van der Waals surface area contributed by atoms with Crippen molar-refractivity contribution < 1.29 is 5.11 Å². The van der Waals surface area contributed by atoms with Crippen molar-refractivity contribution in [3.63, 3.8) is 0 Å². The molecule has 0 aromatic rings. The second kappa shape index (κ2) is 8.08. The number of piperidine rings is 2. The number of hydrogen-bond acceptors (Lipinski definition) is 3. The van der Waals surface area contributed by atoms with Gasteiger partial charge in [0.1, 0.15) is 0 Å². The van der Waals surface area contributed by atoms with Crippen molar-refractivity contribution in [2.45, 2.75) is 32.6 Å². The molecule has 0 aliphatic carbocycles. The van der Waals surface area contributed by atoms with Crippen molar-refractivity contribution in [2.24, 2.45) is 11.8 Å². The molecule has 3 heteroatoms. The molecule has 3 N–H and O–H groups in total. The SMILES string of the molecule is C[C@H]1CCCNC1.OC[C@H]1CCCNC1. The molecule has 3 nitrogen and oxygen atoms in total. The fourth-order valence-electron chi connectivity index (χ4n) is 2.11. The van der Waals surface area contributed by atoms with Gasteiger partial charge < -0.3 is 15.7 Å². The number of hydrogen-bond donors (Lipinski definition) is 3. The van der Waals surface area contributed by atoms with Gasteiger partial charge >= 0.3 is 0 Å². The first-order valence-corrected chi connectivity index (χ1v) is 6.35. The van der Waals surface area contributed by atoms with Crippen LogP contribution in [-0.2, 0) is 0 Å². The molecule has 0 spiro atoms. The van der Waals surface area contributed by atoms with E-state index in [9.17, 15) is 0 Å². The highest BCUT2D eigenvalue weighted by atomic mass is 16.3. The standard InChI is InChI=1S/C6H13NO.C6H13N/c8-5-6-2-1-3-7-4-6;1-6-3-2-4-7-5-6/h6-8H,1-5H2;6-7H,2-5H2,1H3/t2*6-/m00/s1. The van der Waals surface area contributed by atoms with Crippen LogP contribution in [0.4, 0.5) is 0 Å². The summed E-state index contributed by atoms with van der Waals surface area (Å²) in [6.45, 7) is 7.27. The van der Waals surface area contributed by atoms with E-state index in [0.29, 0.717) is 12.5 Å². The lowest BCUT2D eigenvalue weighted by molar-refractivity contribution is 0.199. The van der Waals surface area contributed by atoms with Gasteiger partial charge in [-0.2, -0.15) is 0 Å². The molecular formula is C12H26N2O. The third-order valence-electron chi connectivity index (χ3n) is 3.20. The van der Waals surface area contributed by atoms with E-state index < -0.39 is 0 Å². The van der Waals surface area contributed by atoms with E-state index in [0.717, 1.165) is 19.0 Å². The summed E-state index contributed by atoms with van der Waals surface area (Å²) >= 11 is 0. The van der Waals surface area contributed by atoms with E-state index in [-0.39, 0.29) is 0 Å². The lowest BCUT2D eigenvalue weighted by Crippen LogP contribution is -2.31. The van der Waals surface area contributed by atoms with E-state index in [1.165, 1.54) is 38.8 Å². The molecule has 0 saturated carbocycles. The van der Waals surface area contributed by atoms with Crippen LogP contribution in [0, 0.1) is 11.8 Å². The Labute approximate surface area is 93.6 Å². The predicted octanol–water partition coefficient (Wildman–Crippen LogP) is 0.984. The Morgan fingerprint density at radius 3 is 2.00 bits per heavy atom. The number of nitrogens with one attached hydrogen (secondary N) is 2. The largest absolute Gasteiger partial charge is 0.396 e. The molecule has 2 atom stereocenters. The van der Waals surface area contributed by atoms with Crippen molar-refractivity contribution in [3.8, 4) is 0 Å². The number of aliphatic hydroxyl groups is 1. The lowest BCUT2D eigenvalue weighted by Gasteiger charge is -2.19. The second-order valence-electron chi connectivity index (χ2n) is 4.85. The van der Waals surface area contributed by atoms with E-state index in [1.807, 2.05) is 0 Å². The lowest BCUT2D eigenvalue weighted by atomic mass is 10.0. The van der Waals surface area contributed by atoms with E-state index >= 15 is 0 Å². The van der Waals surface area contributed by atoms with Crippen LogP contribution in [0.25, 0.3) is 0 Å². The molecule has 15 heavy (non-hydrogen) atoms. The van der Waals surface area contributed by atoms with Gasteiger partial charge in [0.25, 0.3) is 0 Å². The maximum Gasteiger partial charge on any atom is 0.0471 e. The Balaban J connectivity index is 0.000000151. The maximum atomic E-state index is 8.65. The van der Waals surface area contributed by atoms with Crippen LogP contribution in [0.2, 0.25) is 0 Å². The summed E-state index contributed by atoms with van der Waals surface area (Å²) in [5.41, 5.74) is 0. The highest BCUT2D eigenvalue weighted by Crippen LogP contribution is 2.07. The van der Waals surface area contributed by atoms with Crippen LogP contribution in [0.3, 0.4) is 0 Å². The molecule has 2 saturated heterocycles. The topological polar surface area (TPSA) is 44.3 Å². The van der Waals surface area contributed by atoms with Crippen LogP contribution in [0.5, 0.6) is 0 Å². The van der Waals surface area contributed by atoms with Crippen LogP contribution in [-0.4, -0.2) is 37.9 Å². The summed E-state index contributed by atoms with van der Waals surface area (Å²) in [7, 11) is 0. The molecule has 0 bridgehead atoms. The first-order chi connectivity index (χ1) is 7.33. The van der Waals surface area contributed by atoms with Crippen molar-refractivity contribution >= 4 is 0 Å². The zero-order chi connectivity index (χ0) is 10.9. The van der Waals surface area contributed by atoms with E-state index in [2.05, 4.69) is 17.6 Å². The van der Waals surface area contributed by atoms with Gasteiger partial charge in [0, 0.05) is 13.2 Å². The first kappa shape index (κ1) is 12.9. The summed E-state index contributed by atoms with van der Waals surface area (Å²) < 4.78 is 0. The Bertz CT molecular complexity index is 141. The summed E-state index contributed by atoms with van der Waals surface area (Å²) in [5.74, 6) is 1.46. The molecule has 90 valence electrons. The van der Waals surface area contributed by atoms with Crippen molar-refractivity contribution in [1.82, 2.24) is 10.6 Å². The molecular weight excluding hydrogens is 188 g/mol. The smallest absolute Gasteiger partial charge is 0.0471 e. The van der Waals surface area contributed by atoms with Crippen LogP contribution in [0.15, 0.2) is 0 Å². The Morgan fingerprint density at radius 1 is 1.07 bits per heavy atom. The second-order valence-corrected chi connectivity index (χ2v) is 4.85. The fraction of sp³-hybridized carbons (Fsp3) is 1.00. The maximum absolute atomic E-state index is 8.65. The molecule has 2 aliphatic heterocycles. The average Bonchev–Trinajstić information content (AvgIpc) is 2.32. The highest BCUT2D eigenvalue weighted by Gasteiger charge is 2.09. The van der Waals surface area contributed by atoms with Crippen LogP contribution < -0.4 is 10.6 Å². The number of aliphatic hydroxyl groups excluding tert-OH is 1. The van der Waals surface area contributed by atoms with Gasteiger partial charge in [-0.1, -0.05) is 6.92 Å². The van der Waals surface area contributed by atoms with E-state index in [1.54, 1.807) is 0 Å². The summed E-state index contributed by atoms with van der Waals surface area (Å²) in [6.07, 6.45) is 5.23. The minimum Gasteiger partial charge on any atom is -0.396 e. The molecule has 2 heterocycles. The number of rotatable bonds is 1. The third kappa shape index (κ3) is 6.13. The normalized spacial score (nSPS) is 31.6. The zero-order valence-corrected chi connectivity index (χ0v) is 9.97.